The van der Waals surface area contributed by atoms with Gasteiger partial charge in [-0.05, 0) is 13.8 Å². The summed E-state index contributed by atoms with van der Waals surface area (Å²) < 4.78 is 15.7. The van der Waals surface area contributed by atoms with Crippen LogP contribution in [0.15, 0.2) is 12.1 Å². The number of hydrogen-bond acceptors (Lipinski definition) is 4. The lowest BCUT2D eigenvalue weighted by molar-refractivity contribution is 0.0769. The van der Waals surface area contributed by atoms with E-state index >= 15 is 0 Å². The Morgan fingerprint density at radius 1 is 0.947 bits per heavy atom. The van der Waals surface area contributed by atoms with Gasteiger partial charge in [-0.25, -0.2) is 0 Å². The maximum atomic E-state index is 12.4. The van der Waals surface area contributed by atoms with E-state index < -0.39 is 0 Å². The number of nitrogens with zero attached hydrogens (tertiary/aromatic N) is 1. The number of methoxy groups -OCH3 is 3. The van der Waals surface area contributed by atoms with Crippen LogP contribution in [0.3, 0.4) is 0 Å². The fraction of sp³-hybridized carbons (Fsp3) is 0.500. The first-order valence-corrected chi connectivity index (χ1v) is 6.22. The van der Waals surface area contributed by atoms with E-state index in [9.17, 15) is 4.79 Å². The Bertz CT molecular complexity index is 441. The Kier molecular flexibility index (Phi) is 5.48. The van der Waals surface area contributed by atoms with E-state index in [0.717, 1.165) is 0 Å². The topological polar surface area (TPSA) is 48.0 Å². The predicted octanol–water partition coefficient (Wildman–Crippen LogP) is 2.19. The molecule has 19 heavy (non-hydrogen) atoms. The molecular formula is C14H21NO4. The Hall–Kier alpha value is -1.91. The molecule has 0 fully saturated rings. The van der Waals surface area contributed by atoms with Gasteiger partial charge in [0.25, 0.3) is 5.91 Å². The van der Waals surface area contributed by atoms with Crippen molar-refractivity contribution in [3.05, 3.63) is 17.7 Å². The van der Waals surface area contributed by atoms with Gasteiger partial charge in [0.1, 0.15) is 5.75 Å². The minimum Gasteiger partial charge on any atom is -0.496 e. The summed E-state index contributed by atoms with van der Waals surface area (Å²) in [6, 6.07) is 3.31. The number of benzene rings is 1. The molecule has 0 aliphatic carbocycles. The zero-order valence-corrected chi connectivity index (χ0v) is 12.1. The molecule has 0 aliphatic heterocycles. The summed E-state index contributed by atoms with van der Waals surface area (Å²) in [5.41, 5.74) is 0.476. The van der Waals surface area contributed by atoms with Crippen LogP contribution in [0.4, 0.5) is 0 Å². The molecule has 0 atom stereocenters. The fourth-order valence-electron chi connectivity index (χ4n) is 1.88. The smallest absolute Gasteiger partial charge is 0.257 e. The highest BCUT2D eigenvalue weighted by Crippen LogP contribution is 2.35. The van der Waals surface area contributed by atoms with Crippen LogP contribution in [0, 0.1) is 0 Å². The molecule has 0 heterocycles. The van der Waals surface area contributed by atoms with Crippen molar-refractivity contribution in [1.29, 1.82) is 0 Å². The van der Waals surface area contributed by atoms with E-state index in [1.807, 2.05) is 13.8 Å². The average molecular weight is 267 g/mol. The maximum absolute atomic E-state index is 12.4. The summed E-state index contributed by atoms with van der Waals surface area (Å²) in [7, 11) is 4.61. The van der Waals surface area contributed by atoms with Crippen LogP contribution < -0.4 is 14.2 Å². The summed E-state index contributed by atoms with van der Waals surface area (Å²) in [5, 5.41) is 0. The van der Waals surface area contributed by atoms with Gasteiger partial charge in [-0.1, -0.05) is 0 Å². The lowest BCUT2D eigenvalue weighted by atomic mass is 10.1. The lowest BCUT2D eigenvalue weighted by Gasteiger charge is -2.21. The number of amides is 1. The average Bonchev–Trinajstić information content (AvgIpc) is 2.46. The molecule has 1 aromatic rings. The minimum atomic E-state index is -0.0807. The largest absolute Gasteiger partial charge is 0.496 e. The monoisotopic (exact) mass is 267 g/mol. The molecule has 5 heteroatoms. The molecule has 0 saturated carbocycles. The Labute approximate surface area is 114 Å². The summed E-state index contributed by atoms with van der Waals surface area (Å²) >= 11 is 0. The highest BCUT2D eigenvalue weighted by atomic mass is 16.5. The molecule has 0 N–H and O–H groups in total. The van der Waals surface area contributed by atoms with Crippen LogP contribution in [-0.2, 0) is 0 Å². The van der Waals surface area contributed by atoms with Gasteiger partial charge in [0.05, 0.1) is 26.9 Å². The summed E-state index contributed by atoms with van der Waals surface area (Å²) in [6.07, 6.45) is 0. The molecule has 0 radical (unpaired) electrons. The highest BCUT2D eigenvalue weighted by Gasteiger charge is 2.20. The first-order valence-electron chi connectivity index (χ1n) is 6.22. The van der Waals surface area contributed by atoms with Gasteiger partial charge >= 0.3 is 0 Å². The second kappa shape index (κ2) is 6.87. The van der Waals surface area contributed by atoms with Crippen molar-refractivity contribution in [2.45, 2.75) is 13.8 Å². The van der Waals surface area contributed by atoms with Crippen LogP contribution in [0.2, 0.25) is 0 Å². The van der Waals surface area contributed by atoms with Gasteiger partial charge in [0.2, 0.25) is 0 Å². The quantitative estimate of drug-likeness (QED) is 0.792. The number of carbonyl (C=O) groups is 1. The molecule has 0 unspecified atom stereocenters. The Morgan fingerprint density at radius 2 is 1.42 bits per heavy atom. The van der Waals surface area contributed by atoms with Crippen molar-refractivity contribution in [3.63, 3.8) is 0 Å². The van der Waals surface area contributed by atoms with Crippen molar-refractivity contribution in [2.24, 2.45) is 0 Å². The zero-order chi connectivity index (χ0) is 14.4. The first kappa shape index (κ1) is 15.1. The van der Waals surface area contributed by atoms with E-state index in [0.29, 0.717) is 35.9 Å². The van der Waals surface area contributed by atoms with Gasteiger partial charge < -0.3 is 19.1 Å². The molecule has 1 rings (SSSR count). The third-order valence-corrected chi connectivity index (χ3v) is 2.99. The van der Waals surface area contributed by atoms with Crippen LogP contribution in [0.25, 0.3) is 0 Å². The molecular weight excluding hydrogens is 246 g/mol. The standard InChI is InChI=1S/C14H21NO4/c1-6-15(7-2)14(16)10-8-12(18-4)13(19-5)9-11(10)17-3/h8-9H,6-7H2,1-5H3. The molecule has 0 aromatic heterocycles. The predicted molar refractivity (Wildman–Crippen MR) is 73.3 cm³/mol. The summed E-state index contributed by atoms with van der Waals surface area (Å²) in [6.45, 7) is 5.17. The molecule has 1 aromatic carbocycles. The molecule has 0 aliphatic rings. The first-order chi connectivity index (χ1) is 9.12. The van der Waals surface area contributed by atoms with Crippen molar-refractivity contribution in [3.8, 4) is 17.2 Å². The van der Waals surface area contributed by atoms with Gasteiger partial charge in [0, 0.05) is 25.2 Å². The van der Waals surface area contributed by atoms with E-state index in [1.54, 1.807) is 24.1 Å². The second-order valence-corrected chi connectivity index (χ2v) is 3.88. The van der Waals surface area contributed by atoms with Crippen LogP contribution in [0.1, 0.15) is 24.2 Å². The van der Waals surface area contributed by atoms with E-state index in [1.165, 1.54) is 14.2 Å². The Balaban J connectivity index is 3.29. The molecule has 106 valence electrons. The maximum Gasteiger partial charge on any atom is 0.257 e. The van der Waals surface area contributed by atoms with Crippen LogP contribution in [0.5, 0.6) is 17.2 Å². The Morgan fingerprint density at radius 3 is 1.84 bits per heavy atom. The normalized spacial score (nSPS) is 9.95. The van der Waals surface area contributed by atoms with Crippen molar-refractivity contribution >= 4 is 5.91 Å². The minimum absolute atomic E-state index is 0.0807. The second-order valence-electron chi connectivity index (χ2n) is 3.88. The summed E-state index contributed by atoms with van der Waals surface area (Å²) in [5.74, 6) is 1.45. The number of carbonyl (C=O) groups excluding carboxylic acids is 1. The zero-order valence-electron chi connectivity index (χ0n) is 12.1. The fourth-order valence-corrected chi connectivity index (χ4v) is 1.88. The summed E-state index contributed by atoms with van der Waals surface area (Å²) in [4.78, 5) is 14.1. The van der Waals surface area contributed by atoms with E-state index in [4.69, 9.17) is 14.2 Å². The highest BCUT2D eigenvalue weighted by molar-refractivity contribution is 5.97. The lowest BCUT2D eigenvalue weighted by Crippen LogP contribution is -2.30. The van der Waals surface area contributed by atoms with Crippen molar-refractivity contribution < 1.29 is 19.0 Å². The van der Waals surface area contributed by atoms with Gasteiger partial charge in [-0.3, -0.25) is 4.79 Å². The number of rotatable bonds is 6. The van der Waals surface area contributed by atoms with E-state index in [2.05, 4.69) is 0 Å². The van der Waals surface area contributed by atoms with E-state index in [-0.39, 0.29) is 5.91 Å². The number of ether oxygens (including phenoxy) is 3. The third-order valence-electron chi connectivity index (χ3n) is 2.99. The third kappa shape index (κ3) is 3.10. The van der Waals surface area contributed by atoms with Crippen molar-refractivity contribution in [2.75, 3.05) is 34.4 Å². The molecule has 5 nitrogen and oxygen atoms in total. The van der Waals surface area contributed by atoms with Gasteiger partial charge in [-0.2, -0.15) is 0 Å². The van der Waals surface area contributed by atoms with Crippen molar-refractivity contribution in [1.82, 2.24) is 4.90 Å². The molecule has 0 spiro atoms. The van der Waals surface area contributed by atoms with Gasteiger partial charge in [0.15, 0.2) is 11.5 Å². The molecule has 0 saturated heterocycles. The molecule has 0 bridgehead atoms. The van der Waals surface area contributed by atoms with Gasteiger partial charge in [-0.15, -0.1) is 0 Å². The number of hydrogen-bond donors (Lipinski definition) is 0. The SMILES string of the molecule is CCN(CC)C(=O)c1cc(OC)c(OC)cc1OC. The van der Waals surface area contributed by atoms with Crippen LogP contribution in [-0.4, -0.2) is 45.2 Å². The molecule has 1 amide bonds. The van der Waals surface area contributed by atoms with Crippen LogP contribution >= 0.6 is 0 Å².